The summed E-state index contributed by atoms with van der Waals surface area (Å²) < 4.78 is 4.56. The van der Waals surface area contributed by atoms with Crippen molar-refractivity contribution in [3.63, 3.8) is 0 Å². The molecule has 1 amide bonds. The topological polar surface area (TPSA) is 67.4 Å². The number of amides is 1. The van der Waals surface area contributed by atoms with Crippen LogP contribution in [-0.2, 0) is 14.3 Å². The molecule has 0 aromatic rings. The molecule has 1 heterocycles. The lowest BCUT2D eigenvalue weighted by Gasteiger charge is -2.25. The number of carbonyl (C=O) groups excluding carboxylic acids is 2. The Hall–Kier alpha value is -1.10. The van der Waals surface area contributed by atoms with Crippen LogP contribution in [0.2, 0.25) is 0 Å². The third-order valence-electron chi connectivity index (χ3n) is 2.47. The Labute approximate surface area is 89.6 Å². The number of piperidine rings is 1. The predicted octanol–water partition coefficient (Wildman–Crippen LogP) is -0.194. The fraction of sp³-hybridized carbons (Fsp3) is 0.800. The molecular weight excluding hydrogens is 196 g/mol. The van der Waals surface area contributed by atoms with Crippen LogP contribution < -0.4 is 10.6 Å². The summed E-state index contributed by atoms with van der Waals surface area (Å²) in [4.78, 5) is 22.4. The van der Waals surface area contributed by atoms with Gasteiger partial charge in [0.25, 0.3) is 0 Å². The molecule has 1 rings (SSSR count). The molecule has 2 atom stereocenters. The fourth-order valence-corrected chi connectivity index (χ4v) is 1.67. The van der Waals surface area contributed by atoms with Crippen LogP contribution in [0.1, 0.15) is 26.2 Å². The van der Waals surface area contributed by atoms with Crippen molar-refractivity contribution in [2.75, 3.05) is 13.7 Å². The third kappa shape index (κ3) is 3.87. The lowest BCUT2D eigenvalue weighted by Crippen LogP contribution is -2.51. The minimum Gasteiger partial charge on any atom is -0.469 e. The Morgan fingerprint density at radius 1 is 1.73 bits per heavy atom. The zero-order chi connectivity index (χ0) is 11.3. The molecule has 0 bridgehead atoms. The molecule has 0 aromatic heterocycles. The van der Waals surface area contributed by atoms with Gasteiger partial charge in [-0.25, -0.2) is 0 Å². The maximum Gasteiger partial charge on any atom is 0.307 e. The molecule has 5 heteroatoms. The standard InChI is InChI=1S/C10H18N2O3/c1-7(6-9(13)15-2)12-8-4-3-5-11-10(8)14/h7-8,12H,3-6H2,1-2H3,(H,11,14). The number of hydrogen-bond donors (Lipinski definition) is 2. The Morgan fingerprint density at radius 3 is 3.07 bits per heavy atom. The van der Waals surface area contributed by atoms with E-state index in [-0.39, 0.29) is 24.0 Å². The number of hydrogen-bond acceptors (Lipinski definition) is 4. The fourth-order valence-electron chi connectivity index (χ4n) is 1.67. The van der Waals surface area contributed by atoms with Crippen LogP contribution in [0.4, 0.5) is 0 Å². The van der Waals surface area contributed by atoms with E-state index in [0.717, 1.165) is 19.4 Å². The highest BCUT2D eigenvalue weighted by atomic mass is 16.5. The van der Waals surface area contributed by atoms with Crippen molar-refractivity contribution in [3.8, 4) is 0 Å². The van der Waals surface area contributed by atoms with E-state index in [2.05, 4.69) is 15.4 Å². The van der Waals surface area contributed by atoms with E-state index >= 15 is 0 Å². The highest BCUT2D eigenvalue weighted by molar-refractivity contribution is 5.82. The maximum absolute atomic E-state index is 11.4. The van der Waals surface area contributed by atoms with Gasteiger partial charge in [-0.05, 0) is 19.8 Å². The van der Waals surface area contributed by atoms with Gasteiger partial charge < -0.3 is 15.4 Å². The summed E-state index contributed by atoms with van der Waals surface area (Å²) in [6, 6.07) is -0.204. The van der Waals surface area contributed by atoms with Crippen LogP contribution in [0.15, 0.2) is 0 Å². The first-order valence-corrected chi connectivity index (χ1v) is 5.24. The number of esters is 1. The maximum atomic E-state index is 11.4. The smallest absolute Gasteiger partial charge is 0.307 e. The molecule has 2 N–H and O–H groups in total. The molecule has 0 spiro atoms. The van der Waals surface area contributed by atoms with Gasteiger partial charge in [0, 0.05) is 12.6 Å². The second-order valence-electron chi connectivity index (χ2n) is 3.83. The van der Waals surface area contributed by atoms with Gasteiger partial charge in [-0.2, -0.15) is 0 Å². The molecule has 1 fully saturated rings. The zero-order valence-electron chi connectivity index (χ0n) is 9.21. The van der Waals surface area contributed by atoms with E-state index in [1.807, 2.05) is 6.92 Å². The van der Waals surface area contributed by atoms with Crippen molar-refractivity contribution < 1.29 is 14.3 Å². The molecule has 0 aliphatic carbocycles. The molecular formula is C10H18N2O3. The van der Waals surface area contributed by atoms with Crippen LogP contribution in [0, 0.1) is 0 Å². The summed E-state index contributed by atoms with van der Waals surface area (Å²) in [6.45, 7) is 2.63. The normalized spacial score (nSPS) is 23.1. The average Bonchev–Trinajstić information content (AvgIpc) is 2.21. The van der Waals surface area contributed by atoms with Gasteiger partial charge in [-0.3, -0.25) is 9.59 Å². The molecule has 86 valence electrons. The zero-order valence-corrected chi connectivity index (χ0v) is 9.21. The Bertz CT molecular complexity index is 243. The lowest BCUT2D eigenvalue weighted by atomic mass is 10.1. The number of carbonyl (C=O) groups is 2. The molecule has 0 radical (unpaired) electrons. The van der Waals surface area contributed by atoms with Gasteiger partial charge in [0.1, 0.15) is 0 Å². The largest absolute Gasteiger partial charge is 0.469 e. The van der Waals surface area contributed by atoms with Gasteiger partial charge in [-0.15, -0.1) is 0 Å². The third-order valence-corrected chi connectivity index (χ3v) is 2.47. The SMILES string of the molecule is COC(=O)CC(C)NC1CCCNC1=O. The first kappa shape index (κ1) is 12.0. The van der Waals surface area contributed by atoms with Crippen LogP contribution >= 0.6 is 0 Å². The summed E-state index contributed by atoms with van der Waals surface area (Å²) in [5, 5.41) is 5.91. The number of ether oxygens (including phenoxy) is 1. The van der Waals surface area contributed by atoms with Crippen LogP contribution in [0.5, 0.6) is 0 Å². The summed E-state index contributed by atoms with van der Waals surface area (Å²) in [6.07, 6.45) is 2.10. The summed E-state index contributed by atoms with van der Waals surface area (Å²) in [5.41, 5.74) is 0. The second kappa shape index (κ2) is 5.70. The summed E-state index contributed by atoms with van der Waals surface area (Å²) >= 11 is 0. The van der Waals surface area contributed by atoms with Crippen molar-refractivity contribution in [2.24, 2.45) is 0 Å². The van der Waals surface area contributed by atoms with Crippen molar-refractivity contribution in [3.05, 3.63) is 0 Å². The van der Waals surface area contributed by atoms with Crippen LogP contribution in [0.3, 0.4) is 0 Å². The molecule has 2 unspecified atom stereocenters. The lowest BCUT2D eigenvalue weighted by molar-refractivity contribution is -0.141. The number of nitrogens with one attached hydrogen (secondary N) is 2. The highest BCUT2D eigenvalue weighted by Gasteiger charge is 2.23. The molecule has 5 nitrogen and oxygen atoms in total. The minimum absolute atomic E-state index is 0.0259. The second-order valence-corrected chi connectivity index (χ2v) is 3.83. The molecule has 1 aliphatic rings. The molecule has 15 heavy (non-hydrogen) atoms. The summed E-state index contributed by atoms with van der Waals surface area (Å²) in [5.74, 6) is -0.232. The van der Waals surface area contributed by atoms with E-state index in [0.29, 0.717) is 6.42 Å². The molecule has 1 saturated heterocycles. The Kier molecular flexibility index (Phi) is 4.55. The highest BCUT2D eigenvalue weighted by Crippen LogP contribution is 2.05. The summed E-state index contributed by atoms with van der Waals surface area (Å²) in [7, 11) is 1.36. The Balaban J connectivity index is 2.32. The molecule has 0 saturated carbocycles. The first-order chi connectivity index (χ1) is 7.13. The van der Waals surface area contributed by atoms with Gasteiger partial charge >= 0.3 is 5.97 Å². The minimum atomic E-state index is -0.258. The monoisotopic (exact) mass is 214 g/mol. The number of rotatable bonds is 4. The van der Waals surface area contributed by atoms with Crippen molar-refractivity contribution in [1.29, 1.82) is 0 Å². The van der Waals surface area contributed by atoms with Crippen molar-refractivity contribution in [2.45, 2.75) is 38.3 Å². The van der Waals surface area contributed by atoms with Crippen molar-refractivity contribution >= 4 is 11.9 Å². The molecule has 0 aromatic carbocycles. The average molecular weight is 214 g/mol. The van der Waals surface area contributed by atoms with Gasteiger partial charge in [-0.1, -0.05) is 0 Å². The number of methoxy groups -OCH3 is 1. The van der Waals surface area contributed by atoms with E-state index in [4.69, 9.17) is 0 Å². The predicted molar refractivity (Wildman–Crippen MR) is 55.3 cm³/mol. The van der Waals surface area contributed by atoms with Crippen LogP contribution in [-0.4, -0.2) is 37.6 Å². The van der Waals surface area contributed by atoms with Gasteiger partial charge in [0.05, 0.1) is 19.6 Å². The van der Waals surface area contributed by atoms with Crippen LogP contribution in [0.25, 0.3) is 0 Å². The molecule has 1 aliphatic heterocycles. The van der Waals surface area contributed by atoms with E-state index < -0.39 is 0 Å². The van der Waals surface area contributed by atoms with Crippen molar-refractivity contribution in [1.82, 2.24) is 10.6 Å². The van der Waals surface area contributed by atoms with Gasteiger partial charge in [0.15, 0.2) is 0 Å². The first-order valence-electron chi connectivity index (χ1n) is 5.24. The van der Waals surface area contributed by atoms with E-state index in [1.54, 1.807) is 0 Å². The van der Waals surface area contributed by atoms with Gasteiger partial charge in [0.2, 0.25) is 5.91 Å². The van der Waals surface area contributed by atoms with E-state index in [9.17, 15) is 9.59 Å². The Morgan fingerprint density at radius 2 is 2.47 bits per heavy atom. The van der Waals surface area contributed by atoms with E-state index in [1.165, 1.54) is 7.11 Å². The quantitative estimate of drug-likeness (QED) is 0.636.